The van der Waals surface area contributed by atoms with E-state index in [4.69, 9.17) is 7.85 Å². The van der Waals surface area contributed by atoms with Gasteiger partial charge in [-0.1, -0.05) is 0 Å². The van der Waals surface area contributed by atoms with Crippen molar-refractivity contribution >= 4 is 7.85 Å². The quantitative estimate of drug-likeness (QED) is 0.523. The summed E-state index contributed by atoms with van der Waals surface area (Å²) in [6.45, 7) is 2.44. The van der Waals surface area contributed by atoms with Gasteiger partial charge in [0.15, 0.2) is 0 Å². The van der Waals surface area contributed by atoms with Gasteiger partial charge in [-0.05, 0) is 13.2 Å². The summed E-state index contributed by atoms with van der Waals surface area (Å²) in [4.78, 5) is 18.5. The van der Waals surface area contributed by atoms with Crippen molar-refractivity contribution < 1.29 is 0 Å². The van der Waals surface area contributed by atoms with Gasteiger partial charge in [-0.15, -0.1) is 0 Å². The van der Waals surface area contributed by atoms with E-state index in [0.717, 1.165) is 0 Å². The maximum Gasteiger partial charge on any atom is 0.350 e. The van der Waals surface area contributed by atoms with Crippen LogP contribution in [0.15, 0.2) is 11.1 Å². The molecule has 56 valence electrons. The Morgan fingerprint density at radius 1 is 1.73 bits per heavy atom. The second-order valence-electron chi connectivity index (χ2n) is 2.05. The van der Waals surface area contributed by atoms with Crippen molar-refractivity contribution in [3.8, 4) is 0 Å². The van der Waals surface area contributed by atoms with Crippen molar-refractivity contribution in [2.24, 2.45) is 0 Å². The minimum absolute atomic E-state index is 0.208. The van der Waals surface area contributed by atoms with E-state index in [0.29, 0.717) is 12.4 Å². The van der Waals surface area contributed by atoms with Crippen LogP contribution in [0.2, 0.25) is 0 Å². The lowest BCUT2D eigenvalue weighted by Gasteiger charge is -1.99. The summed E-state index contributed by atoms with van der Waals surface area (Å²) in [6.07, 6.45) is 1.66. The standard InChI is InChI=1S/C6H8BN3O/c1-2-10-4-8-5(3-7)9-6(10)11/h4H,2-3H2,1H3. The first-order chi connectivity index (χ1) is 5.27. The van der Waals surface area contributed by atoms with Gasteiger partial charge in [-0.25, -0.2) is 9.78 Å². The molecule has 1 aromatic heterocycles. The lowest BCUT2D eigenvalue weighted by Crippen LogP contribution is -2.24. The normalized spacial score (nSPS) is 9.91. The highest BCUT2D eigenvalue weighted by Gasteiger charge is 1.95. The van der Waals surface area contributed by atoms with Gasteiger partial charge in [0.25, 0.3) is 0 Å². The van der Waals surface area contributed by atoms with Crippen LogP contribution in [0.25, 0.3) is 0 Å². The van der Waals surface area contributed by atoms with Crippen LogP contribution < -0.4 is 5.69 Å². The van der Waals surface area contributed by atoms with Crippen LogP contribution in [-0.2, 0) is 12.9 Å². The number of rotatable bonds is 2. The van der Waals surface area contributed by atoms with E-state index in [1.54, 1.807) is 0 Å². The molecule has 2 radical (unpaired) electrons. The van der Waals surface area contributed by atoms with Crippen LogP contribution in [0.4, 0.5) is 0 Å². The molecule has 4 nitrogen and oxygen atoms in total. The van der Waals surface area contributed by atoms with Gasteiger partial charge in [-0.3, -0.25) is 4.57 Å². The Bertz CT molecular complexity index is 296. The van der Waals surface area contributed by atoms with Crippen LogP contribution in [0.5, 0.6) is 0 Å². The first-order valence-electron chi connectivity index (χ1n) is 3.40. The Hall–Kier alpha value is -1.13. The molecule has 0 amide bonds. The predicted molar refractivity (Wildman–Crippen MR) is 41.4 cm³/mol. The molecule has 0 spiro atoms. The van der Waals surface area contributed by atoms with Gasteiger partial charge in [0.2, 0.25) is 0 Å². The highest BCUT2D eigenvalue weighted by molar-refractivity contribution is 6.07. The monoisotopic (exact) mass is 149 g/mol. The lowest BCUT2D eigenvalue weighted by atomic mass is 10.1. The topological polar surface area (TPSA) is 47.8 Å². The van der Waals surface area contributed by atoms with Crippen molar-refractivity contribution in [3.05, 3.63) is 22.6 Å². The summed E-state index contributed by atoms with van der Waals surface area (Å²) < 4.78 is 1.42. The Labute approximate surface area is 65.7 Å². The van der Waals surface area contributed by atoms with Crippen molar-refractivity contribution in [2.75, 3.05) is 0 Å². The molecule has 1 aromatic rings. The zero-order valence-electron chi connectivity index (χ0n) is 6.32. The molecule has 0 fully saturated rings. The summed E-state index contributed by atoms with van der Waals surface area (Å²) in [6, 6.07) is 0. The van der Waals surface area contributed by atoms with E-state index < -0.39 is 0 Å². The molecule has 0 atom stereocenters. The number of hydrogen-bond donors (Lipinski definition) is 0. The highest BCUT2D eigenvalue weighted by atomic mass is 16.1. The molecule has 5 heteroatoms. The van der Waals surface area contributed by atoms with E-state index >= 15 is 0 Å². The van der Waals surface area contributed by atoms with Crippen LogP contribution in [0.3, 0.4) is 0 Å². The molecular weight excluding hydrogens is 141 g/mol. The molecule has 0 saturated heterocycles. The maximum absolute atomic E-state index is 11.0. The molecule has 0 N–H and O–H groups in total. The fourth-order valence-corrected chi connectivity index (χ4v) is 0.704. The number of hydrogen-bond acceptors (Lipinski definition) is 3. The molecule has 1 rings (SSSR count). The Morgan fingerprint density at radius 2 is 2.45 bits per heavy atom. The third kappa shape index (κ3) is 1.66. The largest absolute Gasteiger partial charge is 0.350 e. The molecule has 0 aliphatic heterocycles. The Kier molecular flexibility index (Phi) is 2.41. The predicted octanol–water partition coefficient (Wildman–Crippen LogP) is -0.673. The van der Waals surface area contributed by atoms with E-state index in [-0.39, 0.29) is 12.0 Å². The molecular formula is C6H8BN3O. The summed E-state index contributed by atoms with van der Waals surface area (Å²) in [5.41, 5.74) is -0.289. The van der Waals surface area contributed by atoms with Crippen molar-refractivity contribution in [1.82, 2.24) is 14.5 Å². The van der Waals surface area contributed by atoms with Gasteiger partial charge in [-0.2, -0.15) is 4.98 Å². The summed E-state index contributed by atoms with van der Waals surface area (Å²) >= 11 is 0. The van der Waals surface area contributed by atoms with E-state index in [1.807, 2.05) is 6.92 Å². The van der Waals surface area contributed by atoms with E-state index in [9.17, 15) is 4.79 Å². The summed E-state index contributed by atoms with van der Waals surface area (Å²) in [7, 11) is 5.24. The van der Waals surface area contributed by atoms with Gasteiger partial charge in [0.05, 0.1) is 7.85 Å². The highest BCUT2D eigenvalue weighted by Crippen LogP contribution is 1.81. The molecule has 11 heavy (non-hydrogen) atoms. The summed E-state index contributed by atoms with van der Waals surface area (Å²) in [5.74, 6) is 0.389. The molecule has 0 saturated carbocycles. The van der Waals surface area contributed by atoms with Crippen LogP contribution in [0.1, 0.15) is 12.7 Å². The van der Waals surface area contributed by atoms with Gasteiger partial charge in [0.1, 0.15) is 12.2 Å². The van der Waals surface area contributed by atoms with Gasteiger partial charge in [0, 0.05) is 6.54 Å². The number of aromatic nitrogens is 3. The average molecular weight is 149 g/mol. The molecule has 0 aliphatic carbocycles. The second-order valence-corrected chi connectivity index (χ2v) is 2.05. The van der Waals surface area contributed by atoms with Crippen molar-refractivity contribution in [3.63, 3.8) is 0 Å². The first-order valence-corrected chi connectivity index (χ1v) is 3.40. The summed E-state index contributed by atoms with van der Waals surface area (Å²) in [5, 5.41) is 0. The average Bonchev–Trinajstić information content (AvgIpc) is 2.04. The molecule has 0 bridgehead atoms. The fraction of sp³-hybridized carbons (Fsp3) is 0.500. The van der Waals surface area contributed by atoms with Crippen molar-refractivity contribution in [2.45, 2.75) is 19.8 Å². The maximum atomic E-state index is 11.0. The van der Waals surface area contributed by atoms with Crippen LogP contribution in [0, 0.1) is 0 Å². The number of aryl methyl sites for hydroxylation is 1. The fourth-order valence-electron chi connectivity index (χ4n) is 0.704. The molecule has 0 aliphatic rings. The minimum Gasteiger partial charge on any atom is -0.283 e. The van der Waals surface area contributed by atoms with Gasteiger partial charge < -0.3 is 0 Å². The Balaban J connectivity index is 3.10. The third-order valence-electron chi connectivity index (χ3n) is 1.34. The van der Waals surface area contributed by atoms with Crippen molar-refractivity contribution in [1.29, 1.82) is 0 Å². The molecule has 0 aromatic carbocycles. The lowest BCUT2D eigenvalue weighted by molar-refractivity contribution is 0.663. The zero-order valence-corrected chi connectivity index (χ0v) is 6.32. The third-order valence-corrected chi connectivity index (χ3v) is 1.34. The minimum atomic E-state index is -0.289. The van der Waals surface area contributed by atoms with Crippen LogP contribution >= 0.6 is 0 Å². The second kappa shape index (κ2) is 3.32. The number of nitrogens with zero attached hydrogens (tertiary/aromatic N) is 3. The zero-order chi connectivity index (χ0) is 8.27. The van der Waals surface area contributed by atoms with E-state index in [1.165, 1.54) is 10.9 Å². The van der Waals surface area contributed by atoms with Gasteiger partial charge >= 0.3 is 5.69 Å². The smallest absolute Gasteiger partial charge is 0.283 e. The Morgan fingerprint density at radius 3 is 2.91 bits per heavy atom. The first kappa shape index (κ1) is 7.98. The molecule has 1 heterocycles. The van der Waals surface area contributed by atoms with Crippen LogP contribution in [-0.4, -0.2) is 22.4 Å². The molecule has 0 unspecified atom stereocenters. The SMILES string of the molecule is [B]Cc1ncn(CC)c(=O)n1. The van der Waals surface area contributed by atoms with E-state index in [2.05, 4.69) is 9.97 Å².